The highest BCUT2D eigenvalue weighted by atomic mass is 19.4. The van der Waals surface area contributed by atoms with E-state index < -0.39 is 18.6 Å². The zero-order chi connectivity index (χ0) is 16.9. The van der Waals surface area contributed by atoms with Crippen molar-refractivity contribution >= 4 is 11.6 Å². The Morgan fingerprint density at radius 3 is 2.65 bits per heavy atom. The maximum atomic E-state index is 12.1. The Morgan fingerprint density at radius 1 is 1.35 bits per heavy atom. The predicted molar refractivity (Wildman–Crippen MR) is 79.8 cm³/mol. The summed E-state index contributed by atoms with van der Waals surface area (Å²) in [6, 6.07) is 7.72. The lowest BCUT2D eigenvalue weighted by Crippen LogP contribution is -3.16. The highest BCUT2D eigenvalue weighted by Gasteiger charge is 2.29. The van der Waals surface area contributed by atoms with Crippen molar-refractivity contribution in [1.29, 1.82) is 0 Å². The molecular formula is C15H21F3N3O2+. The van der Waals surface area contributed by atoms with Crippen LogP contribution >= 0.6 is 0 Å². The first-order valence-corrected chi connectivity index (χ1v) is 7.43. The van der Waals surface area contributed by atoms with Crippen molar-refractivity contribution in [2.75, 3.05) is 51.3 Å². The van der Waals surface area contributed by atoms with E-state index >= 15 is 0 Å². The SMILES string of the molecule is COc1cccc(N2CC[NH+](CC(=O)NCC(F)(F)F)CC2)c1. The van der Waals surface area contributed by atoms with E-state index in [4.69, 9.17) is 4.74 Å². The van der Waals surface area contributed by atoms with Crippen LogP contribution in [-0.4, -0.2) is 58.5 Å². The summed E-state index contributed by atoms with van der Waals surface area (Å²) in [6.07, 6.45) is -4.37. The molecule has 1 aliphatic heterocycles. The van der Waals surface area contributed by atoms with E-state index in [1.807, 2.05) is 29.6 Å². The lowest BCUT2D eigenvalue weighted by atomic mass is 10.2. The monoisotopic (exact) mass is 332 g/mol. The molecule has 1 heterocycles. The average molecular weight is 332 g/mol. The van der Waals surface area contributed by atoms with Gasteiger partial charge in [-0.15, -0.1) is 0 Å². The van der Waals surface area contributed by atoms with E-state index in [-0.39, 0.29) is 6.54 Å². The number of hydrogen-bond acceptors (Lipinski definition) is 3. The Kier molecular flexibility index (Phi) is 5.70. The van der Waals surface area contributed by atoms with Crippen LogP contribution < -0.4 is 19.9 Å². The molecule has 0 aromatic heterocycles. The van der Waals surface area contributed by atoms with E-state index in [0.717, 1.165) is 29.4 Å². The molecule has 1 fully saturated rings. The summed E-state index contributed by atoms with van der Waals surface area (Å²) < 4.78 is 41.4. The molecule has 2 rings (SSSR count). The van der Waals surface area contributed by atoms with Gasteiger partial charge in [0.1, 0.15) is 12.3 Å². The number of halogens is 3. The average Bonchev–Trinajstić information content (AvgIpc) is 2.53. The van der Waals surface area contributed by atoms with Crippen LogP contribution in [0.5, 0.6) is 5.75 Å². The summed E-state index contributed by atoms with van der Waals surface area (Å²) >= 11 is 0. The number of hydrogen-bond donors (Lipinski definition) is 2. The second-order valence-corrected chi connectivity index (χ2v) is 5.51. The van der Waals surface area contributed by atoms with Crippen molar-refractivity contribution in [2.24, 2.45) is 0 Å². The molecule has 1 aliphatic rings. The molecule has 0 atom stereocenters. The van der Waals surface area contributed by atoms with E-state index in [1.54, 1.807) is 7.11 Å². The molecule has 23 heavy (non-hydrogen) atoms. The fraction of sp³-hybridized carbons (Fsp3) is 0.533. The lowest BCUT2D eigenvalue weighted by molar-refractivity contribution is -0.892. The predicted octanol–water partition coefficient (Wildman–Crippen LogP) is 0.0786. The molecule has 0 radical (unpaired) electrons. The van der Waals surface area contributed by atoms with Crippen molar-refractivity contribution < 1.29 is 27.6 Å². The summed E-state index contributed by atoms with van der Waals surface area (Å²) in [5.41, 5.74) is 1.05. The van der Waals surface area contributed by atoms with Crippen molar-refractivity contribution in [2.45, 2.75) is 6.18 Å². The number of anilines is 1. The van der Waals surface area contributed by atoms with Gasteiger partial charge in [0.2, 0.25) is 0 Å². The van der Waals surface area contributed by atoms with Gasteiger partial charge in [-0.1, -0.05) is 6.07 Å². The molecule has 0 unspecified atom stereocenters. The van der Waals surface area contributed by atoms with Gasteiger partial charge in [0.05, 0.1) is 33.3 Å². The molecule has 128 valence electrons. The first kappa shape index (κ1) is 17.4. The number of methoxy groups -OCH3 is 1. The van der Waals surface area contributed by atoms with Crippen LogP contribution in [0.25, 0.3) is 0 Å². The molecule has 0 bridgehead atoms. The number of amides is 1. The van der Waals surface area contributed by atoms with Gasteiger partial charge in [0, 0.05) is 11.8 Å². The Bertz CT molecular complexity index is 529. The topological polar surface area (TPSA) is 46.0 Å². The molecule has 0 aliphatic carbocycles. The molecule has 8 heteroatoms. The molecule has 1 amide bonds. The third kappa shape index (κ3) is 5.63. The largest absolute Gasteiger partial charge is 0.497 e. The number of benzene rings is 1. The van der Waals surface area contributed by atoms with Gasteiger partial charge >= 0.3 is 6.18 Å². The second kappa shape index (κ2) is 7.54. The van der Waals surface area contributed by atoms with Crippen molar-refractivity contribution in [3.8, 4) is 5.75 Å². The van der Waals surface area contributed by atoms with Crippen LogP contribution in [0.1, 0.15) is 0 Å². The van der Waals surface area contributed by atoms with Gasteiger partial charge < -0.3 is 19.9 Å². The fourth-order valence-corrected chi connectivity index (χ4v) is 2.55. The number of quaternary nitrogens is 1. The highest BCUT2D eigenvalue weighted by Crippen LogP contribution is 2.20. The van der Waals surface area contributed by atoms with Crippen molar-refractivity contribution in [1.82, 2.24) is 5.32 Å². The Labute approximate surface area is 133 Å². The Balaban J connectivity index is 1.78. The number of alkyl halides is 3. The normalized spacial score (nSPS) is 16.3. The number of piperazine rings is 1. The number of rotatable bonds is 5. The molecule has 0 saturated carbocycles. The number of carbonyl (C=O) groups is 1. The van der Waals surface area contributed by atoms with E-state index in [0.29, 0.717) is 13.1 Å². The van der Waals surface area contributed by atoms with Gasteiger partial charge in [0.25, 0.3) is 5.91 Å². The molecule has 0 spiro atoms. The van der Waals surface area contributed by atoms with Crippen LogP contribution in [0.4, 0.5) is 18.9 Å². The smallest absolute Gasteiger partial charge is 0.405 e. The molecule has 2 N–H and O–H groups in total. The number of nitrogens with zero attached hydrogens (tertiary/aromatic N) is 1. The lowest BCUT2D eigenvalue weighted by Gasteiger charge is -2.33. The highest BCUT2D eigenvalue weighted by molar-refractivity contribution is 5.76. The minimum absolute atomic E-state index is 0.0715. The van der Waals surface area contributed by atoms with E-state index in [9.17, 15) is 18.0 Å². The summed E-state index contributed by atoms with van der Waals surface area (Å²) in [5, 5.41) is 1.91. The number of ether oxygens (including phenoxy) is 1. The summed E-state index contributed by atoms with van der Waals surface area (Å²) in [5.74, 6) is 0.218. The van der Waals surface area contributed by atoms with Crippen LogP contribution in [0.15, 0.2) is 24.3 Å². The standard InChI is InChI=1S/C15H20F3N3O2/c1-23-13-4-2-3-12(9-13)21-7-5-20(6-8-21)10-14(22)19-11-15(16,17)18/h2-4,9H,5-8,10-11H2,1H3,(H,19,22)/p+1. The summed E-state index contributed by atoms with van der Waals surface area (Å²) in [4.78, 5) is 14.7. The van der Waals surface area contributed by atoms with Crippen LogP contribution in [0, 0.1) is 0 Å². The van der Waals surface area contributed by atoms with E-state index in [1.165, 1.54) is 0 Å². The molecule has 1 aromatic carbocycles. The van der Waals surface area contributed by atoms with Crippen LogP contribution in [0.3, 0.4) is 0 Å². The zero-order valence-electron chi connectivity index (χ0n) is 12.9. The van der Waals surface area contributed by atoms with Crippen molar-refractivity contribution in [3.63, 3.8) is 0 Å². The maximum Gasteiger partial charge on any atom is 0.405 e. The van der Waals surface area contributed by atoms with Gasteiger partial charge in [0.15, 0.2) is 6.54 Å². The molecule has 1 saturated heterocycles. The third-order valence-corrected chi connectivity index (χ3v) is 3.79. The molecule has 1 aromatic rings. The van der Waals surface area contributed by atoms with Gasteiger partial charge in [-0.25, -0.2) is 0 Å². The maximum absolute atomic E-state index is 12.1. The van der Waals surface area contributed by atoms with Gasteiger partial charge in [-0.2, -0.15) is 13.2 Å². The summed E-state index contributed by atoms with van der Waals surface area (Å²) in [7, 11) is 1.61. The number of carbonyl (C=O) groups excluding carboxylic acids is 1. The third-order valence-electron chi connectivity index (χ3n) is 3.79. The van der Waals surface area contributed by atoms with Gasteiger partial charge in [-0.05, 0) is 12.1 Å². The van der Waals surface area contributed by atoms with Gasteiger partial charge in [-0.3, -0.25) is 4.79 Å². The zero-order valence-corrected chi connectivity index (χ0v) is 12.9. The van der Waals surface area contributed by atoms with Crippen LogP contribution in [0.2, 0.25) is 0 Å². The second-order valence-electron chi connectivity index (χ2n) is 5.51. The van der Waals surface area contributed by atoms with Crippen molar-refractivity contribution in [3.05, 3.63) is 24.3 Å². The molecular weight excluding hydrogens is 311 g/mol. The first-order chi connectivity index (χ1) is 10.9. The van der Waals surface area contributed by atoms with E-state index in [2.05, 4.69) is 4.90 Å². The summed E-state index contributed by atoms with van der Waals surface area (Å²) in [6.45, 7) is 1.70. The number of nitrogens with one attached hydrogen (secondary N) is 2. The Morgan fingerprint density at radius 2 is 2.04 bits per heavy atom. The Hall–Kier alpha value is -1.96. The minimum atomic E-state index is -4.37. The molecule has 5 nitrogen and oxygen atoms in total. The minimum Gasteiger partial charge on any atom is -0.497 e. The quantitative estimate of drug-likeness (QED) is 0.803. The fourth-order valence-electron chi connectivity index (χ4n) is 2.55. The first-order valence-electron chi connectivity index (χ1n) is 7.43. The van der Waals surface area contributed by atoms with Crippen LogP contribution in [-0.2, 0) is 4.79 Å².